The van der Waals surface area contributed by atoms with E-state index in [1.54, 1.807) is 30.1 Å². The van der Waals surface area contributed by atoms with Crippen LogP contribution in [0.5, 0.6) is 0 Å². The van der Waals surface area contributed by atoms with Crippen molar-refractivity contribution < 1.29 is 4.76 Å². The van der Waals surface area contributed by atoms with Gasteiger partial charge in [-0.25, -0.2) is 9.97 Å². The number of thioether (sulfide) groups is 1. The normalized spacial score (nSPS) is 10.7. The minimum absolute atomic E-state index is 0.0477. The van der Waals surface area contributed by atoms with Gasteiger partial charge in [0.25, 0.3) is 0 Å². The maximum Gasteiger partial charge on any atom is 0.388 e. The zero-order valence-electron chi connectivity index (χ0n) is 17.1. The Hall–Kier alpha value is -3.10. The molecule has 0 saturated heterocycles. The van der Waals surface area contributed by atoms with Crippen LogP contribution in [-0.2, 0) is 6.54 Å². The third-order valence-electron chi connectivity index (χ3n) is 4.40. The summed E-state index contributed by atoms with van der Waals surface area (Å²) in [6.07, 6.45) is 2.67. The lowest BCUT2D eigenvalue weighted by Crippen LogP contribution is -2.18. The van der Waals surface area contributed by atoms with E-state index in [2.05, 4.69) is 22.2 Å². The number of anilines is 1. The Bertz CT molecular complexity index is 1030. The summed E-state index contributed by atoms with van der Waals surface area (Å²) >= 11 is 1.80. The van der Waals surface area contributed by atoms with Crippen molar-refractivity contribution >= 4 is 29.1 Å². The number of amidine groups is 1. The van der Waals surface area contributed by atoms with Crippen LogP contribution in [0.4, 0.5) is 11.5 Å². The highest BCUT2D eigenvalue weighted by molar-refractivity contribution is 7.99. The van der Waals surface area contributed by atoms with Gasteiger partial charge in [0, 0.05) is 21.8 Å². The van der Waals surface area contributed by atoms with Gasteiger partial charge >= 0.3 is 5.84 Å². The summed E-state index contributed by atoms with van der Waals surface area (Å²) < 4.78 is 0.512. The van der Waals surface area contributed by atoms with Crippen molar-refractivity contribution in [2.45, 2.75) is 24.8 Å². The maximum absolute atomic E-state index is 12.7. The van der Waals surface area contributed by atoms with E-state index in [0.717, 1.165) is 23.3 Å². The van der Waals surface area contributed by atoms with Crippen molar-refractivity contribution in [1.29, 1.82) is 5.41 Å². The Morgan fingerprint density at radius 2 is 1.87 bits per heavy atom. The molecule has 4 N–H and O–H groups in total. The molecule has 1 heterocycles. The SMILES string of the molecule is CCCSc1ccc(-c2cnc(N)c(C(=N)[N+](=O)c3ccc(CNC)cc3)n2)cc1. The van der Waals surface area contributed by atoms with Gasteiger partial charge in [-0.15, -0.1) is 11.8 Å². The smallest absolute Gasteiger partial charge is 0.382 e. The third-order valence-corrected chi connectivity index (χ3v) is 5.62. The number of nitrogens with two attached hydrogens (primary N) is 1. The molecule has 30 heavy (non-hydrogen) atoms. The molecule has 1 aromatic heterocycles. The number of nitrogens with zero attached hydrogens (tertiary/aromatic N) is 3. The van der Waals surface area contributed by atoms with Gasteiger partial charge in [0.1, 0.15) is 0 Å². The highest BCUT2D eigenvalue weighted by Gasteiger charge is 2.26. The number of hydrogen-bond acceptors (Lipinski definition) is 7. The standard InChI is InChI=1S/C22H25N6OS/c1-3-12-30-18-10-6-16(7-11-18)19-14-26-21(23)20(27-19)22(24)28(29)17-8-4-15(5-9-17)13-25-2/h4-11,14,24-25H,3,12-13H2,1-2H3,(H2,23,26)/q+1. The summed E-state index contributed by atoms with van der Waals surface area (Å²) in [6, 6.07) is 15.0. The fourth-order valence-electron chi connectivity index (χ4n) is 2.83. The Labute approximate surface area is 180 Å². The molecule has 0 aliphatic heterocycles. The van der Waals surface area contributed by atoms with Crippen LogP contribution in [0.25, 0.3) is 11.3 Å². The quantitative estimate of drug-likeness (QED) is 0.216. The van der Waals surface area contributed by atoms with E-state index in [4.69, 9.17) is 11.1 Å². The molecule has 0 radical (unpaired) electrons. The third kappa shape index (κ3) is 5.08. The first-order chi connectivity index (χ1) is 14.5. The molecule has 0 amide bonds. The van der Waals surface area contributed by atoms with Crippen LogP contribution in [0.15, 0.2) is 59.6 Å². The second-order valence-electron chi connectivity index (χ2n) is 6.70. The predicted octanol–water partition coefficient (Wildman–Crippen LogP) is 4.38. The summed E-state index contributed by atoms with van der Waals surface area (Å²) in [4.78, 5) is 22.5. The van der Waals surface area contributed by atoms with Crippen molar-refractivity contribution in [2.75, 3.05) is 18.5 Å². The molecule has 0 atom stereocenters. The molecule has 0 unspecified atom stereocenters. The predicted molar refractivity (Wildman–Crippen MR) is 122 cm³/mol. The van der Waals surface area contributed by atoms with E-state index in [1.165, 1.54) is 4.90 Å². The van der Waals surface area contributed by atoms with Gasteiger partial charge < -0.3 is 11.1 Å². The van der Waals surface area contributed by atoms with Crippen molar-refractivity contribution in [2.24, 2.45) is 0 Å². The van der Waals surface area contributed by atoms with E-state index in [0.29, 0.717) is 22.7 Å². The van der Waals surface area contributed by atoms with Crippen LogP contribution >= 0.6 is 11.8 Å². The number of aromatic nitrogens is 2. The topological polar surface area (TPSA) is 108 Å². The number of benzene rings is 2. The summed E-state index contributed by atoms with van der Waals surface area (Å²) in [5.74, 6) is 0.766. The van der Waals surface area contributed by atoms with Crippen LogP contribution in [0.1, 0.15) is 24.6 Å². The minimum Gasteiger partial charge on any atom is -0.382 e. The van der Waals surface area contributed by atoms with E-state index < -0.39 is 0 Å². The fourth-order valence-corrected chi connectivity index (χ4v) is 3.60. The number of nitrogens with one attached hydrogen (secondary N) is 2. The van der Waals surface area contributed by atoms with Crippen molar-refractivity contribution in [3.05, 3.63) is 70.9 Å². The number of hydrogen-bond donors (Lipinski definition) is 3. The summed E-state index contributed by atoms with van der Waals surface area (Å²) in [7, 11) is 1.86. The molecule has 0 aliphatic rings. The molecular formula is C22H25N6OS+. The van der Waals surface area contributed by atoms with E-state index in [1.807, 2.05) is 43.4 Å². The van der Waals surface area contributed by atoms with Gasteiger partial charge in [0.15, 0.2) is 11.5 Å². The number of rotatable bonds is 8. The zero-order valence-corrected chi connectivity index (χ0v) is 17.9. The van der Waals surface area contributed by atoms with Gasteiger partial charge in [0.05, 0.1) is 11.9 Å². The van der Waals surface area contributed by atoms with Gasteiger partial charge in [-0.05, 0) is 49.1 Å². The molecule has 8 heteroatoms. The minimum atomic E-state index is -0.349. The second-order valence-corrected chi connectivity index (χ2v) is 7.87. The molecule has 2 aromatic carbocycles. The molecule has 0 fully saturated rings. The van der Waals surface area contributed by atoms with Gasteiger partial charge in [-0.3, -0.25) is 0 Å². The molecule has 154 valence electrons. The Balaban J connectivity index is 1.83. The highest BCUT2D eigenvalue weighted by Crippen LogP contribution is 2.25. The zero-order chi connectivity index (χ0) is 21.5. The summed E-state index contributed by atoms with van der Waals surface area (Å²) in [6.45, 7) is 2.85. The molecule has 0 spiro atoms. The highest BCUT2D eigenvalue weighted by atomic mass is 32.2. The van der Waals surface area contributed by atoms with Crippen LogP contribution in [0.2, 0.25) is 0 Å². The molecule has 3 aromatic rings. The van der Waals surface area contributed by atoms with Gasteiger partial charge in [-0.2, -0.15) is 0 Å². The molecule has 0 saturated carbocycles. The first kappa shape index (κ1) is 21.6. The monoisotopic (exact) mass is 421 g/mol. The Morgan fingerprint density at radius 1 is 1.17 bits per heavy atom. The molecule has 7 nitrogen and oxygen atoms in total. The first-order valence-electron chi connectivity index (χ1n) is 9.69. The summed E-state index contributed by atoms with van der Waals surface area (Å²) in [5, 5.41) is 11.4. The molecule has 3 rings (SSSR count). The van der Waals surface area contributed by atoms with E-state index in [-0.39, 0.29) is 17.3 Å². The average molecular weight is 422 g/mol. The van der Waals surface area contributed by atoms with Crippen LogP contribution in [0.3, 0.4) is 0 Å². The lowest BCUT2D eigenvalue weighted by atomic mass is 10.1. The number of nitroso groups, excluding NO2 is 1. The lowest BCUT2D eigenvalue weighted by Gasteiger charge is -2.06. The van der Waals surface area contributed by atoms with Crippen molar-refractivity contribution in [1.82, 2.24) is 15.3 Å². The van der Waals surface area contributed by atoms with Crippen molar-refractivity contribution in [3.63, 3.8) is 0 Å². The van der Waals surface area contributed by atoms with Crippen LogP contribution in [0, 0.1) is 10.3 Å². The Kier molecular flexibility index (Phi) is 7.26. The fraction of sp³-hybridized carbons (Fsp3) is 0.227. The molecule has 0 bridgehead atoms. The van der Waals surface area contributed by atoms with Crippen molar-refractivity contribution in [3.8, 4) is 11.3 Å². The Morgan fingerprint density at radius 3 is 2.50 bits per heavy atom. The average Bonchev–Trinajstić information content (AvgIpc) is 2.78. The van der Waals surface area contributed by atoms with E-state index >= 15 is 0 Å². The maximum atomic E-state index is 12.7. The van der Waals surface area contributed by atoms with Gasteiger partial charge in [-0.1, -0.05) is 41.5 Å². The molecular weight excluding hydrogens is 396 g/mol. The second kappa shape index (κ2) is 10.1. The molecule has 0 aliphatic carbocycles. The van der Waals surface area contributed by atoms with Crippen LogP contribution in [-0.4, -0.2) is 33.4 Å². The lowest BCUT2D eigenvalue weighted by molar-refractivity contribution is -0.331. The van der Waals surface area contributed by atoms with E-state index in [9.17, 15) is 4.91 Å². The summed E-state index contributed by atoms with van der Waals surface area (Å²) in [5.41, 5.74) is 8.79. The number of nitrogen functional groups attached to an aromatic ring is 1. The van der Waals surface area contributed by atoms with Crippen LogP contribution < -0.4 is 11.1 Å². The first-order valence-corrected chi connectivity index (χ1v) is 10.7. The van der Waals surface area contributed by atoms with Gasteiger partial charge in [0.2, 0.25) is 5.69 Å². The largest absolute Gasteiger partial charge is 0.388 e.